The summed E-state index contributed by atoms with van der Waals surface area (Å²) >= 11 is 0. The van der Waals surface area contributed by atoms with Crippen molar-refractivity contribution in [2.45, 2.75) is 19.9 Å². The standard InChI is InChI=1S/C20H25N5O2/c1-4-23-9-11-24(12-10-23)19(26)14(2)25-17-8-6-5-7-15(17)16-13-21-22(3)20(27)18(16)25/h5-8,13-14H,4,9-12H2,1-3H3/t14-/m0/s1. The molecule has 0 spiro atoms. The molecule has 142 valence electrons. The number of hydrogen-bond donors (Lipinski definition) is 0. The summed E-state index contributed by atoms with van der Waals surface area (Å²) in [6.45, 7) is 8.29. The zero-order valence-corrected chi connectivity index (χ0v) is 16.1. The van der Waals surface area contributed by atoms with Gasteiger partial charge in [0, 0.05) is 44.0 Å². The van der Waals surface area contributed by atoms with Crippen molar-refractivity contribution >= 4 is 27.7 Å². The molecule has 2 aromatic heterocycles. The van der Waals surface area contributed by atoms with Crippen LogP contribution in [0.4, 0.5) is 0 Å². The maximum Gasteiger partial charge on any atom is 0.291 e. The van der Waals surface area contributed by atoms with E-state index in [-0.39, 0.29) is 11.5 Å². The normalized spacial score (nSPS) is 16.9. The number of carbonyl (C=O) groups is 1. The van der Waals surface area contributed by atoms with E-state index in [0.29, 0.717) is 5.52 Å². The molecule has 4 rings (SSSR count). The van der Waals surface area contributed by atoms with Gasteiger partial charge in [-0.25, -0.2) is 4.68 Å². The number of fused-ring (bicyclic) bond motifs is 3. The maximum absolute atomic E-state index is 13.2. The summed E-state index contributed by atoms with van der Waals surface area (Å²) in [6, 6.07) is 7.38. The van der Waals surface area contributed by atoms with E-state index >= 15 is 0 Å². The van der Waals surface area contributed by atoms with Gasteiger partial charge in [-0.15, -0.1) is 0 Å². The molecule has 0 N–H and O–H groups in total. The molecule has 1 atom stereocenters. The molecule has 0 saturated carbocycles. The van der Waals surface area contributed by atoms with Crippen LogP contribution >= 0.6 is 0 Å². The van der Waals surface area contributed by atoms with Gasteiger partial charge in [-0.05, 0) is 19.5 Å². The average Bonchev–Trinajstić information content (AvgIpc) is 3.05. The molecule has 3 heterocycles. The summed E-state index contributed by atoms with van der Waals surface area (Å²) in [7, 11) is 1.64. The monoisotopic (exact) mass is 367 g/mol. The van der Waals surface area contributed by atoms with Crippen LogP contribution in [0.5, 0.6) is 0 Å². The lowest BCUT2D eigenvalue weighted by atomic mass is 10.2. The number of rotatable bonds is 3. The molecule has 0 radical (unpaired) electrons. The highest BCUT2D eigenvalue weighted by atomic mass is 16.2. The molecule has 1 amide bonds. The fraction of sp³-hybridized carbons (Fsp3) is 0.450. The average molecular weight is 367 g/mol. The molecular formula is C20H25N5O2. The Morgan fingerprint density at radius 3 is 2.56 bits per heavy atom. The molecule has 1 fully saturated rings. The molecule has 7 heteroatoms. The topological polar surface area (TPSA) is 63.4 Å². The minimum atomic E-state index is -0.448. The number of aryl methyl sites for hydroxylation is 1. The van der Waals surface area contributed by atoms with Gasteiger partial charge in [0.15, 0.2) is 0 Å². The molecule has 1 aromatic carbocycles. The molecule has 7 nitrogen and oxygen atoms in total. The van der Waals surface area contributed by atoms with Crippen molar-refractivity contribution in [1.29, 1.82) is 0 Å². The minimum absolute atomic E-state index is 0.0623. The molecule has 1 aliphatic heterocycles. The van der Waals surface area contributed by atoms with Crippen LogP contribution in [0, 0.1) is 0 Å². The number of piperazine rings is 1. The Bertz CT molecular complexity index is 1060. The van der Waals surface area contributed by atoms with Crippen LogP contribution in [-0.2, 0) is 11.8 Å². The number of likely N-dealkylation sites (N-methyl/N-ethyl adjacent to an activating group) is 1. The van der Waals surface area contributed by atoms with Crippen LogP contribution < -0.4 is 5.56 Å². The molecule has 3 aromatic rings. The summed E-state index contributed by atoms with van der Waals surface area (Å²) in [6.07, 6.45) is 1.72. The molecule has 0 bridgehead atoms. The minimum Gasteiger partial charge on any atom is -0.338 e. The summed E-state index contributed by atoms with van der Waals surface area (Å²) in [5, 5.41) is 5.92. The van der Waals surface area contributed by atoms with E-state index < -0.39 is 6.04 Å². The fourth-order valence-electron chi connectivity index (χ4n) is 4.05. The van der Waals surface area contributed by atoms with Crippen molar-refractivity contribution < 1.29 is 4.79 Å². The van der Waals surface area contributed by atoms with Gasteiger partial charge >= 0.3 is 0 Å². The lowest BCUT2D eigenvalue weighted by molar-refractivity contribution is -0.135. The third kappa shape index (κ3) is 2.82. The summed E-state index contributed by atoms with van der Waals surface area (Å²) in [4.78, 5) is 30.4. The Hall–Kier alpha value is -2.67. The summed E-state index contributed by atoms with van der Waals surface area (Å²) in [5.74, 6) is 0.0623. The van der Waals surface area contributed by atoms with Crippen LogP contribution in [0.25, 0.3) is 21.8 Å². The smallest absolute Gasteiger partial charge is 0.291 e. The second-order valence-corrected chi connectivity index (χ2v) is 7.16. The first-order valence-corrected chi connectivity index (χ1v) is 9.49. The number of amides is 1. The van der Waals surface area contributed by atoms with Gasteiger partial charge in [-0.1, -0.05) is 25.1 Å². The molecular weight excluding hydrogens is 342 g/mol. The SMILES string of the molecule is CCN1CCN(C(=O)[C@H](C)n2c3ccccc3c3cnn(C)c(=O)c32)CC1. The largest absolute Gasteiger partial charge is 0.338 e. The number of hydrogen-bond acceptors (Lipinski definition) is 4. The number of nitrogens with zero attached hydrogens (tertiary/aromatic N) is 5. The van der Waals surface area contributed by atoms with Crippen LogP contribution in [0.1, 0.15) is 19.9 Å². The van der Waals surface area contributed by atoms with Crippen molar-refractivity contribution in [3.05, 3.63) is 40.8 Å². The van der Waals surface area contributed by atoms with Crippen molar-refractivity contribution in [2.75, 3.05) is 32.7 Å². The van der Waals surface area contributed by atoms with Crippen LogP contribution in [0.2, 0.25) is 0 Å². The molecule has 1 aliphatic rings. The van der Waals surface area contributed by atoms with Gasteiger partial charge in [-0.3, -0.25) is 9.59 Å². The van der Waals surface area contributed by atoms with Crippen molar-refractivity contribution in [2.24, 2.45) is 7.05 Å². The molecule has 1 saturated heterocycles. The Morgan fingerprint density at radius 1 is 1.15 bits per heavy atom. The van der Waals surface area contributed by atoms with E-state index in [0.717, 1.165) is 49.0 Å². The zero-order chi connectivity index (χ0) is 19.1. The predicted octanol–water partition coefficient (Wildman–Crippen LogP) is 1.61. The third-order valence-electron chi connectivity index (χ3n) is 5.68. The van der Waals surface area contributed by atoms with Gasteiger partial charge in [0.25, 0.3) is 5.56 Å². The first-order valence-electron chi connectivity index (χ1n) is 9.49. The van der Waals surface area contributed by atoms with Gasteiger partial charge in [0.2, 0.25) is 5.91 Å². The van der Waals surface area contributed by atoms with Gasteiger partial charge in [0.1, 0.15) is 11.6 Å². The Morgan fingerprint density at radius 2 is 1.85 bits per heavy atom. The second-order valence-electron chi connectivity index (χ2n) is 7.16. The highest BCUT2D eigenvalue weighted by molar-refractivity contribution is 6.08. The Balaban J connectivity index is 1.81. The van der Waals surface area contributed by atoms with Gasteiger partial charge < -0.3 is 14.4 Å². The first-order chi connectivity index (χ1) is 13.0. The lowest BCUT2D eigenvalue weighted by Gasteiger charge is -2.35. The van der Waals surface area contributed by atoms with Crippen molar-refractivity contribution in [1.82, 2.24) is 24.1 Å². The van der Waals surface area contributed by atoms with Gasteiger partial charge in [-0.2, -0.15) is 5.10 Å². The van der Waals surface area contributed by atoms with E-state index in [1.165, 1.54) is 4.68 Å². The molecule has 0 unspecified atom stereocenters. The van der Waals surface area contributed by atoms with Crippen LogP contribution in [0.3, 0.4) is 0 Å². The second kappa shape index (κ2) is 6.81. The van der Waals surface area contributed by atoms with Crippen molar-refractivity contribution in [3.63, 3.8) is 0 Å². The Labute approximate surface area is 157 Å². The number of benzene rings is 1. The zero-order valence-electron chi connectivity index (χ0n) is 16.1. The Kier molecular flexibility index (Phi) is 4.47. The van der Waals surface area contributed by atoms with Crippen LogP contribution in [0.15, 0.2) is 35.3 Å². The van der Waals surface area contributed by atoms with E-state index in [1.54, 1.807) is 13.2 Å². The third-order valence-corrected chi connectivity index (χ3v) is 5.68. The quantitative estimate of drug-likeness (QED) is 0.706. The molecule has 0 aliphatic carbocycles. The highest BCUT2D eigenvalue weighted by Gasteiger charge is 2.28. The van der Waals surface area contributed by atoms with E-state index in [1.807, 2.05) is 40.7 Å². The van der Waals surface area contributed by atoms with Gasteiger partial charge in [0.05, 0.1) is 11.7 Å². The van der Waals surface area contributed by atoms with E-state index in [4.69, 9.17) is 0 Å². The van der Waals surface area contributed by atoms with Crippen LogP contribution in [-0.4, -0.2) is 62.8 Å². The number of carbonyl (C=O) groups excluding carboxylic acids is 1. The first kappa shape index (κ1) is 17.7. The predicted molar refractivity (Wildman–Crippen MR) is 106 cm³/mol. The van der Waals surface area contributed by atoms with Crippen molar-refractivity contribution in [3.8, 4) is 0 Å². The lowest BCUT2D eigenvalue weighted by Crippen LogP contribution is -2.50. The summed E-state index contributed by atoms with van der Waals surface area (Å²) in [5.41, 5.74) is 1.26. The fourth-order valence-corrected chi connectivity index (χ4v) is 4.05. The van der Waals surface area contributed by atoms with E-state index in [9.17, 15) is 9.59 Å². The number of aromatic nitrogens is 3. The number of para-hydroxylation sites is 1. The van der Waals surface area contributed by atoms with E-state index in [2.05, 4.69) is 16.9 Å². The summed E-state index contributed by atoms with van der Waals surface area (Å²) < 4.78 is 3.22. The maximum atomic E-state index is 13.2. The molecule has 27 heavy (non-hydrogen) atoms. The highest BCUT2D eigenvalue weighted by Crippen LogP contribution is 2.30.